The molecule has 1 aliphatic heterocycles. The molecule has 1 aromatic heterocycles. The highest BCUT2D eigenvalue weighted by molar-refractivity contribution is 9.10. The van der Waals surface area contributed by atoms with Gasteiger partial charge in [0.05, 0.1) is 0 Å². The van der Waals surface area contributed by atoms with Gasteiger partial charge in [-0.15, -0.1) is 0 Å². The number of aromatic nitrogens is 1. The summed E-state index contributed by atoms with van der Waals surface area (Å²) in [6, 6.07) is 6.83. The highest BCUT2D eigenvalue weighted by atomic mass is 79.9. The van der Waals surface area contributed by atoms with Crippen molar-refractivity contribution >= 4 is 26.8 Å². The highest BCUT2D eigenvalue weighted by Gasteiger charge is 2.17. The fourth-order valence-electron chi connectivity index (χ4n) is 2.55. The molecule has 2 aromatic rings. The number of benzene rings is 1. The van der Waals surface area contributed by atoms with Gasteiger partial charge in [-0.25, -0.2) is 0 Å². The van der Waals surface area contributed by atoms with Crippen molar-refractivity contribution in [3.8, 4) is 0 Å². The zero-order valence-electron chi connectivity index (χ0n) is 9.33. The maximum atomic E-state index is 3.62. The molecule has 84 valence electrons. The van der Waals surface area contributed by atoms with Gasteiger partial charge in [-0.3, -0.25) is 0 Å². The smallest absolute Gasteiger partial charge is 0.0489 e. The number of hydrogen-bond donors (Lipinski definition) is 1. The summed E-state index contributed by atoms with van der Waals surface area (Å²) in [5.74, 6) is 0.691. The average molecular weight is 279 g/mol. The Morgan fingerprint density at radius 1 is 1.44 bits per heavy atom. The average Bonchev–Trinajstić information content (AvgIpc) is 2.88. The van der Waals surface area contributed by atoms with E-state index in [1.807, 2.05) is 0 Å². The van der Waals surface area contributed by atoms with Gasteiger partial charge in [0, 0.05) is 35.2 Å². The van der Waals surface area contributed by atoms with E-state index in [2.05, 4.69) is 57.3 Å². The van der Waals surface area contributed by atoms with E-state index < -0.39 is 0 Å². The molecule has 0 aliphatic carbocycles. The first-order chi connectivity index (χ1) is 7.75. The van der Waals surface area contributed by atoms with Crippen LogP contribution in [0, 0.1) is 0 Å². The number of rotatable bonds is 1. The molecule has 1 atom stereocenters. The molecular formula is C13H15BrN2. The zero-order valence-corrected chi connectivity index (χ0v) is 10.9. The van der Waals surface area contributed by atoms with E-state index in [-0.39, 0.29) is 0 Å². The van der Waals surface area contributed by atoms with E-state index in [1.165, 1.54) is 27.4 Å². The molecule has 1 fully saturated rings. The molecule has 1 saturated heterocycles. The molecule has 16 heavy (non-hydrogen) atoms. The summed E-state index contributed by atoms with van der Waals surface area (Å²) in [5.41, 5.74) is 2.76. The van der Waals surface area contributed by atoms with Gasteiger partial charge < -0.3 is 9.88 Å². The summed E-state index contributed by atoms with van der Waals surface area (Å²) in [7, 11) is 2.09. The minimum atomic E-state index is 0.691. The molecule has 0 spiro atoms. The van der Waals surface area contributed by atoms with Gasteiger partial charge in [0.2, 0.25) is 0 Å². The van der Waals surface area contributed by atoms with Crippen LogP contribution in [-0.4, -0.2) is 17.7 Å². The maximum Gasteiger partial charge on any atom is 0.0489 e. The van der Waals surface area contributed by atoms with Crippen LogP contribution < -0.4 is 5.32 Å². The maximum absolute atomic E-state index is 3.62. The topological polar surface area (TPSA) is 17.0 Å². The first kappa shape index (κ1) is 10.4. The van der Waals surface area contributed by atoms with E-state index in [1.54, 1.807) is 0 Å². The van der Waals surface area contributed by atoms with Crippen molar-refractivity contribution in [3.63, 3.8) is 0 Å². The quantitative estimate of drug-likeness (QED) is 0.849. The molecule has 1 aliphatic rings. The Labute approximate surface area is 104 Å². The minimum Gasteiger partial charge on any atom is -0.349 e. The third-order valence-electron chi connectivity index (χ3n) is 3.50. The molecule has 3 heteroatoms. The predicted molar refractivity (Wildman–Crippen MR) is 70.8 cm³/mol. The number of nitrogens with zero attached hydrogens (tertiary/aromatic N) is 1. The van der Waals surface area contributed by atoms with Gasteiger partial charge in [-0.1, -0.05) is 6.07 Å². The summed E-state index contributed by atoms with van der Waals surface area (Å²) in [5, 5.41) is 4.75. The van der Waals surface area contributed by atoms with Crippen molar-refractivity contribution in [2.75, 3.05) is 13.1 Å². The third kappa shape index (κ3) is 1.59. The molecule has 0 saturated carbocycles. The van der Waals surface area contributed by atoms with E-state index in [0.717, 1.165) is 13.1 Å². The highest BCUT2D eigenvalue weighted by Crippen LogP contribution is 2.30. The van der Waals surface area contributed by atoms with Crippen molar-refractivity contribution in [1.82, 2.24) is 9.88 Å². The number of nitrogens with one attached hydrogen (secondary N) is 1. The summed E-state index contributed by atoms with van der Waals surface area (Å²) in [4.78, 5) is 0. The van der Waals surface area contributed by atoms with E-state index >= 15 is 0 Å². The molecule has 1 N–H and O–H groups in total. The van der Waals surface area contributed by atoms with Gasteiger partial charge in [-0.2, -0.15) is 0 Å². The zero-order chi connectivity index (χ0) is 11.1. The SMILES string of the molecule is Cn1cc(Br)c2cc(C3CCNC3)ccc21. The molecule has 3 rings (SSSR count). The van der Waals surface area contributed by atoms with Gasteiger partial charge in [0.1, 0.15) is 0 Å². The number of halogens is 1. The Balaban J connectivity index is 2.11. The number of aryl methyl sites for hydroxylation is 1. The summed E-state index contributed by atoms with van der Waals surface area (Å²) < 4.78 is 3.36. The fraction of sp³-hybridized carbons (Fsp3) is 0.385. The van der Waals surface area contributed by atoms with Crippen molar-refractivity contribution in [2.45, 2.75) is 12.3 Å². The lowest BCUT2D eigenvalue weighted by molar-refractivity contribution is 0.764. The molecule has 0 radical (unpaired) electrons. The van der Waals surface area contributed by atoms with Gasteiger partial charge in [0.15, 0.2) is 0 Å². The second-order valence-corrected chi connectivity index (χ2v) is 5.41. The van der Waals surface area contributed by atoms with Gasteiger partial charge in [0.25, 0.3) is 0 Å². The lowest BCUT2D eigenvalue weighted by Gasteiger charge is -2.09. The first-order valence-corrected chi connectivity index (χ1v) is 6.50. The van der Waals surface area contributed by atoms with Crippen LogP contribution in [0.4, 0.5) is 0 Å². The third-order valence-corrected chi connectivity index (χ3v) is 4.13. The van der Waals surface area contributed by atoms with E-state index in [4.69, 9.17) is 0 Å². The Morgan fingerprint density at radius 2 is 2.31 bits per heavy atom. The lowest BCUT2D eigenvalue weighted by atomic mass is 9.97. The van der Waals surface area contributed by atoms with Crippen LogP contribution in [0.1, 0.15) is 17.9 Å². The fourth-order valence-corrected chi connectivity index (χ4v) is 3.18. The van der Waals surface area contributed by atoms with E-state index in [0.29, 0.717) is 5.92 Å². The van der Waals surface area contributed by atoms with Crippen molar-refractivity contribution < 1.29 is 0 Å². The van der Waals surface area contributed by atoms with Crippen LogP contribution in [0.3, 0.4) is 0 Å². The van der Waals surface area contributed by atoms with Crippen LogP contribution in [0.2, 0.25) is 0 Å². The Hall–Kier alpha value is -0.800. The summed E-state index contributed by atoms with van der Waals surface area (Å²) in [6.45, 7) is 2.27. The Kier molecular flexibility index (Phi) is 2.52. The second kappa shape index (κ2) is 3.90. The first-order valence-electron chi connectivity index (χ1n) is 5.71. The molecule has 2 nitrogen and oxygen atoms in total. The molecule has 0 bridgehead atoms. The normalized spacial score (nSPS) is 20.8. The number of hydrogen-bond acceptors (Lipinski definition) is 1. The summed E-state index contributed by atoms with van der Waals surface area (Å²) >= 11 is 3.62. The van der Waals surface area contributed by atoms with Gasteiger partial charge >= 0.3 is 0 Å². The Morgan fingerprint density at radius 3 is 3.06 bits per heavy atom. The Bertz CT molecular complexity index is 524. The van der Waals surface area contributed by atoms with Crippen molar-refractivity contribution in [2.24, 2.45) is 7.05 Å². The van der Waals surface area contributed by atoms with Gasteiger partial charge in [-0.05, 0) is 52.5 Å². The predicted octanol–water partition coefficient (Wildman–Crippen LogP) is 3.02. The van der Waals surface area contributed by atoms with Crippen molar-refractivity contribution in [1.29, 1.82) is 0 Å². The summed E-state index contributed by atoms with van der Waals surface area (Å²) in [6.07, 6.45) is 3.39. The number of fused-ring (bicyclic) bond motifs is 1. The minimum absolute atomic E-state index is 0.691. The molecule has 1 aromatic carbocycles. The van der Waals surface area contributed by atoms with Crippen LogP contribution in [0.5, 0.6) is 0 Å². The molecular weight excluding hydrogens is 264 g/mol. The van der Waals surface area contributed by atoms with Crippen LogP contribution >= 0.6 is 15.9 Å². The second-order valence-electron chi connectivity index (χ2n) is 4.55. The largest absolute Gasteiger partial charge is 0.349 e. The van der Waals surface area contributed by atoms with Crippen LogP contribution in [-0.2, 0) is 7.05 Å². The molecule has 0 amide bonds. The standard InChI is InChI=1S/C13H15BrN2/c1-16-8-12(14)11-6-9(2-3-13(11)16)10-4-5-15-7-10/h2-3,6,8,10,15H,4-5,7H2,1H3. The van der Waals surface area contributed by atoms with Crippen molar-refractivity contribution in [3.05, 3.63) is 34.4 Å². The lowest BCUT2D eigenvalue weighted by Crippen LogP contribution is -2.07. The van der Waals surface area contributed by atoms with Crippen LogP contribution in [0.25, 0.3) is 10.9 Å². The van der Waals surface area contributed by atoms with Crippen LogP contribution in [0.15, 0.2) is 28.9 Å². The molecule has 1 unspecified atom stereocenters. The molecule has 2 heterocycles. The van der Waals surface area contributed by atoms with E-state index in [9.17, 15) is 0 Å². The monoisotopic (exact) mass is 278 g/mol.